The summed E-state index contributed by atoms with van der Waals surface area (Å²) in [4.78, 5) is 12.7. The van der Waals surface area contributed by atoms with E-state index >= 15 is 0 Å². The van der Waals surface area contributed by atoms with Gasteiger partial charge >= 0.3 is 0 Å². The molecule has 6 heteroatoms. The molecule has 0 heterocycles. The first kappa shape index (κ1) is 19.8. The molecule has 0 atom stereocenters. The molecule has 0 aromatic heterocycles. The molecule has 0 unspecified atom stereocenters. The molecular weight excluding hydrogens is 374 g/mol. The molecule has 5 nitrogen and oxygen atoms in total. The zero-order chi connectivity index (χ0) is 20.0. The van der Waals surface area contributed by atoms with Gasteiger partial charge in [-0.1, -0.05) is 66.7 Å². The van der Waals surface area contributed by atoms with E-state index in [0.29, 0.717) is 5.56 Å². The Hall–Kier alpha value is -2.96. The van der Waals surface area contributed by atoms with Crippen LogP contribution in [0.4, 0.5) is 0 Å². The summed E-state index contributed by atoms with van der Waals surface area (Å²) in [6, 6.07) is 22.3. The number of sulfone groups is 1. The summed E-state index contributed by atoms with van der Waals surface area (Å²) in [6.07, 6.45) is 0. The molecule has 0 aliphatic rings. The first-order chi connectivity index (χ1) is 13.5. The van der Waals surface area contributed by atoms with Gasteiger partial charge in [-0.05, 0) is 28.8 Å². The summed E-state index contributed by atoms with van der Waals surface area (Å²) >= 11 is 0. The Labute approximate surface area is 164 Å². The predicted molar refractivity (Wildman–Crippen MR) is 107 cm³/mol. The number of carbonyl (C=O) groups excluding carboxylic acids is 1. The minimum Gasteiger partial charge on any atom is -0.392 e. The first-order valence-corrected chi connectivity index (χ1v) is 10.5. The summed E-state index contributed by atoms with van der Waals surface area (Å²) in [6.45, 7) is 0.155. The van der Waals surface area contributed by atoms with Crippen LogP contribution in [0.5, 0.6) is 0 Å². The van der Waals surface area contributed by atoms with Crippen molar-refractivity contribution in [3.05, 3.63) is 101 Å². The Morgan fingerprint density at radius 3 is 2.21 bits per heavy atom. The molecule has 0 fully saturated rings. The molecule has 0 radical (unpaired) electrons. The van der Waals surface area contributed by atoms with E-state index < -0.39 is 15.7 Å². The van der Waals surface area contributed by atoms with Crippen LogP contribution >= 0.6 is 0 Å². The number of aliphatic hydroxyl groups excluding tert-OH is 1. The highest BCUT2D eigenvalue weighted by Crippen LogP contribution is 2.21. The number of benzene rings is 3. The summed E-state index contributed by atoms with van der Waals surface area (Å²) in [5.74, 6) is -0.627. The fourth-order valence-corrected chi connectivity index (χ4v) is 4.48. The van der Waals surface area contributed by atoms with Crippen LogP contribution in [0.15, 0.2) is 83.8 Å². The monoisotopic (exact) mass is 395 g/mol. The van der Waals surface area contributed by atoms with Crippen LogP contribution in [0, 0.1) is 0 Å². The molecule has 1 amide bonds. The molecule has 0 aliphatic carbocycles. The van der Waals surface area contributed by atoms with Crippen molar-refractivity contribution in [2.75, 3.05) is 0 Å². The van der Waals surface area contributed by atoms with Crippen LogP contribution in [-0.2, 0) is 28.7 Å². The lowest BCUT2D eigenvalue weighted by atomic mass is 10.1. The van der Waals surface area contributed by atoms with Crippen LogP contribution in [0.1, 0.15) is 27.0 Å². The van der Waals surface area contributed by atoms with Gasteiger partial charge in [0, 0.05) is 6.54 Å². The van der Waals surface area contributed by atoms with Gasteiger partial charge in [-0.15, -0.1) is 0 Å². The van der Waals surface area contributed by atoms with Crippen molar-refractivity contribution in [2.24, 2.45) is 0 Å². The highest BCUT2D eigenvalue weighted by Gasteiger charge is 2.22. The Bertz CT molecular complexity index is 1060. The zero-order valence-corrected chi connectivity index (χ0v) is 16.0. The maximum absolute atomic E-state index is 12.9. The third-order valence-corrected chi connectivity index (χ3v) is 6.03. The maximum Gasteiger partial charge on any atom is 0.252 e. The van der Waals surface area contributed by atoms with Gasteiger partial charge in [-0.3, -0.25) is 4.79 Å². The number of aliphatic hydroxyl groups is 1. The molecule has 0 spiro atoms. The standard InChI is InChI=1S/C22H21NO4S/c24-15-19-10-6-9-18(13-19)14-23-22(25)20-11-4-5-12-21(20)28(26,27)16-17-7-2-1-3-8-17/h1-13,24H,14-16H2,(H,23,25). The van der Waals surface area contributed by atoms with Crippen LogP contribution in [-0.4, -0.2) is 19.4 Å². The van der Waals surface area contributed by atoms with Gasteiger partial charge < -0.3 is 10.4 Å². The molecule has 3 aromatic rings. The topological polar surface area (TPSA) is 83.5 Å². The van der Waals surface area contributed by atoms with Gasteiger partial charge in [0.15, 0.2) is 9.84 Å². The van der Waals surface area contributed by atoms with Gasteiger partial charge in [-0.2, -0.15) is 0 Å². The number of carbonyl (C=O) groups is 1. The summed E-state index contributed by atoms with van der Waals surface area (Å²) in [5, 5.41) is 12.0. The Kier molecular flexibility index (Phi) is 6.23. The second-order valence-corrected chi connectivity index (χ2v) is 8.36. The number of amides is 1. The average molecular weight is 395 g/mol. The van der Waals surface area contributed by atoms with Gasteiger partial charge in [0.25, 0.3) is 5.91 Å². The molecule has 2 N–H and O–H groups in total. The Morgan fingerprint density at radius 1 is 0.821 bits per heavy atom. The van der Waals surface area contributed by atoms with Crippen LogP contribution in [0.2, 0.25) is 0 Å². The molecule has 3 aromatic carbocycles. The van der Waals surface area contributed by atoms with Crippen molar-refractivity contribution < 1.29 is 18.3 Å². The zero-order valence-electron chi connectivity index (χ0n) is 15.2. The van der Waals surface area contributed by atoms with Crippen LogP contribution < -0.4 is 5.32 Å². The lowest BCUT2D eigenvalue weighted by Gasteiger charge is -2.11. The number of rotatable bonds is 7. The normalized spacial score (nSPS) is 11.2. The fourth-order valence-electron chi connectivity index (χ4n) is 2.91. The van der Waals surface area contributed by atoms with E-state index in [-0.39, 0.29) is 29.4 Å². The van der Waals surface area contributed by atoms with E-state index in [1.807, 2.05) is 12.1 Å². The third-order valence-electron chi connectivity index (χ3n) is 4.29. The Morgan fingerprint density at radius 2 is 1.46 bits per heavy atom. The summed E-state index contributed by atoms with van der Waals surface area (Å²) < 4.78 is 25.8. The summed E-state index contributed by atoms with van der Waals surface area (Å²) in [5.41, 5.74) is 2.36. The van der Waals surface area contributed by atoms with Crippen molar-refractivity contribution in [2.45, 2.75) is 23.8 Å². The maximum atomic E-state index is 12.9. The van der Waals surface area contributed by atoms with Gasteiger partial charge in [-0.25, -0.2) is 8.42 Å². The van der Waals surface area contributed by atoms with Crippen LogP contribution in [0.3, 0.4) is 0 Å². The van der Waals surface area contributed by atoms with Gasteiger partial charge in [0.05, 0.1) is 22.8 Å². The SMILES string of the molecule is O=C(NCc1cccc(CO)c1)c1ccccc1S(=O)(=O)Cc1ccccc1. The number of nitrogens with one attached hydrogen (secondary N) is 1. The van der Waals surface area contributed by atoms with Crippen molar-refractivity contribution in [3.8, 4) is 0 Å². The van der Waals surface area contributed by atoms with E-state index in [9.17, 15) is 18.3 Å². The molecule has 0 saturated heterocycles. The molecule has 0 saturated carbocycles. The van der Waals surface area contributed by atoms with Crippen molar-refractivity contribution in [1.29, 1.82) is 0 Å². The average Bonchev–Trinajstić information content (AvgIpc) is 2.72. The van der Waals surface area contributed by atoms with Gasteiger partial charge in [0.1, 0.15) is 0 Å². The number of hydrogen-bond acceptors (Lipinski definition) is 4. The van der Waals surface area contributed by atoms with E-state index in [2.05, 4.69) is 5.32 Å². The largest absolute Gasteiger partial charge is 0.392 e. The molecule has 0 bridgehead atoms. The summed E-state index contributed by atoms with van der Waals surface area (Å²) in [7, 11) is -3.68. The number of hydrogen-bond donors (Lipinski definition) is 2. The van der Waals surface area contributed by atoms with E-state index in [1.165, 1.54) is 12.1 Å². The van der Waals surface area contributed by atoms with Crippen molar-refractivity contribution in [1.82, 2.24) is 5.32 Å². The minimum absolute atomic E-state index is 0.0143. The highest BCUT2D eigenvalue weighted by atomic mass is 32.2. The minimum atomic E-state index is -3.68. The third kappa shape index (κ3) is 4.85. The second kappa shape index (κ2) is 8.82. The second-order valence-electron chi connectivity index (χ2n) is 6.40. The van der Waals surface area contributed by atoms with E-state index in [1.54, 1.807) is 54.6 Å². The predicted octanol–water partition coefficient (Wildman–Crippen LogP) is 3.08. The first-order valence-electron chi connectivity index (χ1n) is 8.82. The molecule has 28 heavy (non-hydrogen) atoms. The van der Waals surface area contributed by atoms with Crippen molar-refractivity contribution in [3.63, 3.8) is 0 Å². The molecule has 3 rings (SSSR count). The lowest BCUT2D eigenvalue weighted by molar-refractivity contribution is 0.0947. The Balaban J connectivity index is 1.80. The van der Waals surface area contributed by atoms with E-state index in [0.717, 1.165) is 11.1 Å². The molecule has 144 valence electrons. The lowest BCUT2D eigenvalue weighted by Crippen LogP contribution is -2.25. The quantitative estimate of drug-likeness (QED) is 0.644. The smallest absolute Gasteiger partial charge is 0.252 e. The highest BCUT2D eigenvalue weighted by molar-refractivity contribution is 7.90. The molecule has 0 aliphatic heterocycles. The van der Waals surface area contributed by atoms with Crippen LogP contribution in [0.25, 0.3) is 0 Å². The molecular formula is C22H21NO4S. The van der Waals surface area contributed by atoms with E-state index in [4.69, 9.17) is 0 Å². The van der Waals surface area contributed by atoms with Gasteiger partial charge in [0.2, 0.25) is 0 Å². The fraction of sp³-hybridized carbons (Fsp3) is 0.136. The van der Waals surface area contributed by atoms with Crippen molar-refractivity contribution >= 4 is 15.7 Å².